The first kappa shape index (κ1) is 10.5. The van der Waals surface area contributed by atoms with Crippen LogP contribution in [0.4, 0.5) is 0 Å². The summed E-state index contributed by atoms with van der Waals surface area (Å²) in [4.78, 5) is 11.5. The molecule has 0 N–H and O–H groups in total. The number of Topliss-reactive ketones (excluding diaryl/α,β-unsaturated/α-hetero) is 1. The van der Waals surface area contributed by atoms with E-state index in [-0.39, 0.29) is 5.41 Å². The molecule has 74 valence electrons. The zero-order valence-electron chi connectivity index (χ0n) is 9.18. The molecule has 0 aromatic heterocycles. The van der Waals surface area contributed by atoms with Gasteiger partial charge in [0.15, 0.2) is 5.78 Å². The van der Waals surface area contributed by atoms with Crippen LogP contribution in [0, 0.1) is 11.3 Å². The Bertz CT molecular complexity index is 234. The van der Waals surface area contributed by atoms with Crippen molar-refractivity contribution in [3.05, 3.63) is 11.6 Å². The molecule has 1 nitrogen and oxygen atoms in total. The number of allylic oxidation sites excluding steroid dienone is 2. The topological polar surface area (TPSA) is 17.1 Å². The molecule has 1 aliphatic carbocycles. The molecule has 0 bridgehead atoms. The maximum absolute atomic E-state index is 11.5. The minimum atomic E-state index is 0.234. The highest BCUT2D eigenvalue weighted by Crippen LogP contribution is 2.33. The fraction of sp³-hybridized carbons (Fsp3) is 0.750. The van der Waals surface area contributed by atoms with Gasteiger partial charge in [-0.3, -0.25) is 4.79 Å². The third-order valence-corrected chi connectivity index (χ3v) is 2.55. The molecular formula is C12H20O. The summed E-state index contributed by atoms with van der Waals surface area (Å²) in [6.45, 7) is 8.74. The van der Waals surface area contributed by atoms with Gasteiger partial charge in [-0.25, -0.2) is 0 Å². The second-order valence-electron chi connectivity index (χ2n) is 5.18. The normalized spacial score (nSPS) is 21.9. The summed E-state index contributed by atoms with van der Waals surface area (Å²) in [5, 5.41) is 0. The molecule has 0 saturated heterocycles. The van der Waals surface area contributed by atoms with Crippen molar-refractivity contribution < 1.29 is 4.79 Å². The highest BCUT2D eigenvalue weighted by Gasteiger charge is 2.25. The maximum Gasteiger partial charge on any atom is 0.158 e. The molecule has 1 heteroatoms. The van der Waals surface area contributed by atoms with E-state index in [1.807, 2.05) is 0 Å². The summed E-state index contributed by atoms with van der Waals surface area (Å²) in [6.07, 6.45) is 4.88. The lowest BCUT2D eigenvalue weighted by molar-refractivity contribution is -0.116. The Kier molecular flexibility index (Phi) is 2.94. The molecule has 13 heavy (non-hydrogen) atoms. The minimum absolute atomic E-state index is 0.234. The van der Waals surface area contributed by atoms with E-state index in [1.165, 1.54) is 0 Å². The highest BCUT2D eigenvalue weighted by molar-refractivity contribution is 5.96. The zero-order chi connectivity index (χ0) is 10.1. The van der Waals surface area contributed by atoms with Crippen molar-refractivity contribution in [1.29, 1.82) is 0 Å². The van der Waals surface area contributed by atoms with Crippen LogP contribution in [0.2, 0.25) is 0 Å². The van der Waals surface area contributed by atoms with E-state index in [1.54, 1.807) is 0 Å². The summed E-state index contributed by atoms with van der Waals surface area (Å²) in [5.74, 6) is 0.956. The molecule has 0 aromatic carbocycles. The Morgan fingerprint density at radius 2 is 2.08 bits per heavy atom. The molecule has 1 rings (SSSR count). The smallest absolute Gasteiger partial charge is 0.158 e. The van der Waals surface area contributed by atoms with Crippen molar-refractivity contribution in [2.24, 2.45) is 11.3 Å². The maximum atomic E-state index is 11.5. The average Bonchev–Trinajstić information content (AvgIpc) is 1.95. The molecule has 0 fully saturated rings. The Balaban J connectivity index is 2.78. The first-order chi connectivity index (χ1) is 5.91. The second-order valence-corrected chi connectivity index (χ2v) is 5.18. The van der Waals surface area contributed by atoms with Crippen LogP contribution in [0.15, 0.2) is 11.6 Å². The predicted octanol–water partition coefficient (Wildman–Crippen LogP) is 3.35. The summed E-state index contributed by atoms with van der Waals surface area (Å²) in [7, 11) is 0. The molecular weight excluding hydrogens is 160 g/mol. The molecule has 0 heterocycles. The molecule has 0 atom stereocenters. The minimum Gasteiger partial charge on any atom is -0.295 e. The fourth-order valence-corrected chi connectivity index (χ4v) is 1.83. The van der Waals surface area contributed by atoms with Crippen molar-refractivity contribution >= 4 is 5.78 Å². The van der Waals surface area contributed by atoms with E-state index in [0.29, 0.717) is 11.7 Å². The first-order valence-corrected chi connectivity index (χ1v) is 5.16. The van der Waals surface area contributed by atoms with Crippen LogP contribution in [-0.2, 0) is 4.79 Å². The number of hydrogen-bond acceptors (Lipinski definition) is 1. The molecule has 1 aliphatic rings. The van der Waals surface area contributed by atoms with Crippen molar-refractivity contribution in [2.75, 3.05) is 0 Å². The Hall–Kier alpha value is -0.590. The van der Waals surface area contributed by atoms with Crippen molar-refractivity contribution in [2.45, 2.75) is 47.0 Å². The number of ketones is 1. The molecule has 0 saturated carbocycles. The van der Waals surface area contributed by atoms with Crippen LogP contribution >= 0.6 is 0 Å². The van der Waals surface area contributed by atoms with Crippen molar-refractivity contribution in [3.8, 4) is 0 Å². The average molecular weight is 180 g/mol. The number of rotatable bonds is 2. The van der Waals surface area contributed by atoms with Crippen LogP contribution in [0.3, 0.4) is 0 Å². The Labute approximate surface area is 81.2 Å². The quantitative estimate of drug-likeness (QED) is 0.637. The Morgan fingerprint density at radius 1 is 1.46 bits per heavy atom. The van der Waals surface area contributed by atoms with E-state index in [4.69, 9.17) is 0 Å². The monoisotopic (exact) mass is 180 g/mol. The third kappa shape index (κ3) is 2.98. The highest BCUT2D eigenvalue weighted by atomic mass is 16.1. The standard InChI is InChI=1S/C12H20O/c1-9(2)7-10-8-12(3,4)6-5-11(10)13/h8-9H,5-7H2,1-4H3. The molecule has 0 aliphatic heterocycles. The SMILES string of the molecule is CC(C)CC1=CC(C)(C)CCC1=O. The second kappa shape index (κ2) is 3.65. The summed E-state index contributed by atoms with van der Waals surface area (Å²) in [5.41, 5.74) is 1.30. The molecule has 0 amide bonds. The number of carbonyl (C=O) groups is 1. The van der Waals surface area contributed by atoms with Gasteiger partial charge in [0.05, 0.1) is 0 Å². The lowest BCUT2D eigenvalue weighted by atomic mass is 9.77. The van der Waals surface area contributed by atoms with Gasteiger partial charge < -0.3 is 0 Å². The summed E-state index contributed by atoms with van der Waals surface area (Å²) in [6, 6.07) is 0. The molecule has 0 unspecified atom stereocenters. The van der Waals surface area contributed by atoms with Gasteiger partial charge in [-0.1, -0.05) is 33.8 Å². The van der Waals surface area contributed by atoms with Crippen molar-refractivity contribution in [3.63, 3.8) is 0 Å². The number of carbonyl (C=O) groups excluding carboxylic acids is 1. The number of hydrogen-bond donors (Lipinski definition) is 0. The van der Waals surface area contributed by atoms with E-state index in [9.17, 15) is 4.79 Å². The van der Waals surface area contributed by atoms with Gasteiger partial charge in [0.2, 0.25) is 0 Å². The van der Waals surface area contributed by atoms with Gasteiger partial charge in [0, 0.05) is 6.42 Å². The van der Waals surface area contributed by atoms with Crippen LogP contribution < -0.4 is 0 Å². The van der Waals surface area contributed by atoms with E-state index >= 15 is 0 Å². The Morgan fingerprint density at radius 3 is 2.62 bits per heavy atom. The lowest BCUT2D eigenvalue weighted by Crippen LogP contribution is -2.20. The zero-order valence-corrected chi connectivity index (χ0v) is 9.18. The van der Waals surface area contributed by atoms with Crippen LogP contribution in [0.1, 0.15) is 47.0 Å². The van der Waals surface area contributed by atoms with Crippen LogP contribution in [0.5, 0.6) is 0 Å². The largest absolute Gasteiger partial charge is 0.295 e. The summed E-state index contributed by atoms with van der Waals surface area (Å²) >= 11 is 0. The van der Waals surface area contributed by atoms with E-state index < -0.39 is 0 Å². The van der Waals surface area contributed by atoms with Gasteiger partial charge in [0.25, 0.3) is 0 Å². The lowest BCUT2D eigenvalue weighted by Gasteiger charge is -2.27. The first-order valence-electron chi connectivity index (χ1n) is 5.16. The predicted molar refractivity (Wildman–Crippen MR) is 55.6 cm³/mol. The molecule has 0 radical (unpaired) electrons. The van der Waals surface area contributed by atoms with Crippen molar-refractivity contribution in [1.82, 2.24) is 0 Å². The van der Waals surface area contributed by atoms with Gasteiger partial charge >= 0.3 is 0 Å². The van der Waals surface area contributed by atoms with Gasteiger partial charge in [-0.05, 0) is 29.7 Å². The van der Waals surface area contributed by atoms with E-state index in [0.717, 1.165) is 24.8 Å². The fourth-order valence-electron chi connectivity index (χ4n) is 1.83. The summed E-state index contributed by atoms with van der Waals surface area (Å²) < 4.78 is 0. The van der Waals surface area contributed by atoms with E-state index in [2.05, 4.69) is 33.8 Å². The van der Waals surface area contributed by atoms with Crippen LogP contribution in [0.25, 0.3) is 0 Å². The van der Waals surface area contributed by atoms with Gasteiger partial charge in [0.1, 0.15) is 0 Å². The third-order valence-electron chi connectivity index (χ3n) is 2.55. The molecule has 0 aromatic rings. The van der Waals surface area contributed by atoms with Gasteiger partial charge in [-0.2, -0.15) is 0 Å². The molecule has 0 spiro atoms. The van der Waals surface area contributed by atoms with Gasteiger partial charge in [-0.15, -0.1) is 0 Å². The van der Waals surface area contributed by atoms with Crippen LogP contribution in [-0.4, -0.2) is 5.78 Å².